The van der Waals surface area contributed by atoms with E-state index < -0.39 is 0 Å². The Balaban J connectivity index is 1.20. The highest BCUT2D eigenvalue weighted by atomic mass is 35.5. The zero-order chi connectivity index (χ0) is 22.6. The normalized spacial score (nSPS) is 14.2. The number of benzene rings is 2. The second-order valence-corrected chi connectivity index (χ2v) is 9.04. The molecular formula is C25H26ClN5O2. The molecule has 2 aromatic carbocycles. The number of nitrogens with zero attached hydrogens (tertiary/aromatic N) is 4. The first-order chi connectivity index (χ1) is 16.2. The summed E-state index contributed by atoms with van der Waals surface area (Å²) in [7, 11) is 0. The van der Waals surface area contributed by atoms with Gasteiger partial charge in [0.25, 0.3) is 5.91 Å². The number of carbonyl (C=O) groups is 1. The number of carbonyl (C=O) groups excluding carboxylic acids is 1. The molecule has 1 saturated carbocycles. The summed E-state index contributed by atoms with van der Waals surface area (Å²) >= 11 is 5.88. The molecule has 4 aromatic rings. The van der Waals surface area contributed by atoms with Crippen molar-refractivity contribution in [1.82, 2.24) is 25.0 Å². The number of aromatic nitrogens is 4. The third-order valence-corrected chi connectivity index (χ3v) is 6.59. The molecule has 0 radical (unpaired) electrons. The van der Waals surface area contributed by atoms with E-state index in [-0.39, 0.29) is 5.91 Å². The van der Waals surface area contributed by atoms with Gasteiger partial charge in [-0.05, 0) is 54.8 Å². The number of imidazole rings is 1. The van der Waals surface area contributed by atoms with Crippen LogP contribution in [0.1, 0.15) is 48.4 Å². The van der Waals surface area contributed by atoms with Gasteiger partial charge in [-0.1, -0.05) is 42.4 Å². The summed E-state index contributed by atoms with van der Waals surface area (Å²) in [4.78, 5) is 21.4. The number of hydrogen-bond acceptors (Lipinski definition) is 5. The summed E-state index contributed by atoms with van der Waals surface area (Å²) in [5.74, 6) is 1.98. The molecule has 0 saturated heterocycles. The van der Waals surface area contributed by atoms with Crippen LogP contribution in [0.2, 0.25) is 5.02 Å². The van der Waals surface area contributed by atoms with Gasteiger partial charge in [-0.2, -0.15) is 4.98 Å². The van der Waals surface area contributed by atoms with E-state index in [0.29, 0.717) is 35.4 Å². The second-order valence-electron chi connectivity index (χ2n) is 8.61. The van der Waals surface area contributed by atoms with Crippen LogP contribution in [-0.4, -0.2) is 32.1 Å². The molecule has 0 aliphatic heterocycles. The lowest BCUT2D eigenvalue weighted by molar-refractivity contribution is 0.0952. The Bertz CT molecular complexity index is 1240. The van der Waals surface area contributed by atoms with Gasteiger partial charge in [0.15, 0.2) is 0 Å². The molecule has 1 aliphatic rings. The highest BCUT2D eigenvalue weighted by Crippen LogP contribution is 2.29. The summed E-state index contributed by atoms with van der Waals surface area (Å²) in [6, 6.07) is 12.8. The van der Waals surface area contributed by atoms with Gasteiger partial charge in [0, 0.05) is 35.7 Å². The van der Waals surface area contributed by atoms with Crippen LogP contribution in [0.15, 0.2) is 53.3 Å². The quantitative estimate of drug-likeness (QED) is 0.383. The molecule has 170 valence electrons. The molecule has 1 N–H and O–H groups in total. The van der Waals surface area contributed by atoms with E-state index in [1.165, 1.54) is 25.7 Å². The van der Waals surface area contributed by atoms with Gasteiger partial charge >= 0.3 is 0 Å². The minimum Gasteiger partial charge on any atom is -0.350 e. The first kappa shape index (κ1) is 21.6. The van der Waals surface area contributed by atoms with Crippen molar-refractivity contribution in [3.63, 3.8) is 0 Å². The van der Waals surface area contributed by atoms with Gasteiger partial charge in [-0.25, -0.2) is 4.98 Å². The first-order valence-corrected chi connectivity index (χ1v) is 11.8. The van der Waals surface area contributed by atoms with Gasteiger partial charge in [-0.15, -0.1) is 0 Å². The van der Waals surface area contributed by atoms with Crippen molar-refractivity contribution in [2.24, 2.45) is 5.92 Å². The zero-order valence-corrected chi connectivity index (χ0v) is 19.1. The maximum atomic E-state index is 12.3. The SMILES string of the molecule is O=C(NCCn1cnc2cc(-c3noc(CCC4CCCC4)n3)ccc21)c1ccc(Cl)cc1. The monoisotopic (exact) mass is 463 g/mol. The van der Waals surface area contributed by atoms with E-state index in [1.807, 2.05) is 22.8 Å². The highest BCUT2D eigenvalue weighted by Gasteiger charge is 2.17. The first-order valence-electron chi connectivity index (χ1n) is 11.5. The van der Waals surface area contributed by atoms with Gasteiger partial charge in [-0.3, -0.25) is 4.79 Å². The van der Waals surface area contributed by atoms with Crippen LogP contribution in [0.25, 0.3) is 22.4 Å². The lowest BCUT2D eigenvalue weighted by Gasteiger charge is -2.07. The molecular weight excluding hydrogens is 438 g/mol. The molecule has 0 bridgehead atoms. The van der Waals surface area contributed by atoms with Gasteiger partial charge in [0.2, 0.25) is 11.7 Å². The van der Waals surface area contributed by atoms with E-state index in [2.05, 4.69) is 20.4 Å². The molecule has 33 heavy (non-hydrogen) atoms. The van der Waals surface area contributed by atoms with Crippen LogP contribution in [0.3, 0.4) is 0 Å². The lowest BCUT2D eigenvalue weighted by atomic mass is 10.0. The topological polar surface area (TPSA) is 85.8 Å². The molecule has 7 nitrogen and oxygen atoms in total. The number of halogens is 1. The predicted molar refractivity (Wildman–Crippen MR) is 127 cm³/mol. The van der Waals surface area contributed by atoms with E-state index >= 15 is 0 Å². The molecule has 2 heterocycles. The molecule has 0 atom stereocenters. The van der Waals surface area contributed by atoms with E-state index in [1.54, 1.807) is 30.6 Å². The zero-order valence-electron chi connectivity index (χ0n) is 18.3. The summed E-state index contributed by atoms with van der Waals surface area (Å²) in [5, 5.41) is 7.71. The van der Waals surface area contributed by atoms with Crippen molar-refractivity contribution < 1.29 is 9.32 Å². The molecule has 8 heteroatoms. The smallest absolute Gasteiger partial charge is 0.251 e. The Hall–Kier alpha value is -3.19. The third-order valence-electron chi connectivity index (χ3n) is 6.33. The van der Waals surface area contributed by atoms with Gasteiger partial charge in [0.05, 0.1) is 17.4 Å². The average molecular weight is 464 g/mol. The van der Waals surface area contributed by atoms with Crippen molar-refractivity contribution in [3.05, 3.63) is 65.3 Å². The highest BCUT2D eigenvalue weighted by molar-refractivity contribution is 6.30. The van der Waals surface area contributed by atoms with E-state index in [9.17, 15) is 4.79 Å². The predicted octanol–water partition coefficient (Wildman–Crippen LogP) is 5.29. The van der Waals surface area contributed by atoms with Crippen molar-refractivity contribution in [2.45, 2.75) is 45.1 Å². The molecule has 1 aliphatic carbocycles. The fourth-order valence-electron chi connectivity index (χ4n) is 4.47. The van der Waals surface area contributed by atoms with E-state index in [0.717, 1.165) is 35.4 Å². The summed E-state index contributed by atoms with van der Waals surface area (Å²) in [6.45, 7) is 1.10. The number of aryl methyl sites for hydroxylation is 1. The summed E-state index contributed by atoms with van der Waals surface area (Å²) in [5.41, 5.74) is 3.32. The minimum absolute atomic E-state index is 0.126. The van der Waals surface area contributed by atoms with E-state index in [4.69, 9.17) is 16.1 Å². The molecule has 2 aromatic heterocycles. The molecule has 1 fully saturated rings. The van der Waals surface area contributed by atoms with Crippen LogP contribution in [0, 0.1) is 5.92 Å². The Morgan fingerprint density at radius 1 is 1.15 bits per heavy atom. The van der Waals surface area contributed by atoms with Crippen LogP contribution in [0.5, 0.6) is 0 Å². The average Bonchev–Trinajstić information content (AvgIpc) is 3.59. The van der Waals surface area contributed by atoms with Gasteiger partial charge < -0.3 is 14.4 Å². The summed E-state index contributed by atoms with van der Waals surface area (Å²) < 4.78 is 7.50. The van der Waals surface area contributed by atoms with Crippen LogP contribution < -0.4 is 5.32 Å². The Kier molecular flexibility index (Phi) is 6.39. The van der Waals surface area contributed by atoms with Gasteiger partial charge in [0.1, 0.15) is 0 Å². The standard InChI is InChI=1S/C25H26ClN5O2/c26-20-9-6-18(7-10-20)25(32)27-13-14-31-16-28-21-15-19(8-11-22(21)31)24-29-23(33-30-24)12-5-17-3-1-2-4-17/h6-11,15-17H,1-5,12-14H2,(H,27,32). The van der Waals surface area contributed by atoms with Crippen molar-refractivity contribution in [1.29, 1.82) is 0 Å². The van der Waals surface area contributed by atoms with Crippen LogP contribution >= 0.6 is 11.6 Å². The number of hydrogen-bond donors (Lipinski definition) is 1. The molecule has 1 amide bonds. The number of fused-ring (bicyclic) bond motifs is 1. The van der Waals surface area contributed by atoms with Crippen molar-refractivity contribution in [2.75, 3.05) is 6.54 Å². The Morgan fingerprint density at radius 3 is 2.79 bits per heavy atom. The van der Waals surface area contributed by atoms with Crippen molar-refractivity contribution in [3.8, 4) is 11.4 Å². The second kappa shape index (κ2) is 9.75. The number of rotatable bonds is 8. The third kappa shape index (κ3) is 5.09. The Labute approximate surface area is 197 Å². The summed E-state index contributed by atoms with van der Waals surface area (Å²) in [6.07, 6.45) is 9.10. The fourth-order valence-corrected chi connectivity index (χ4v) is 4.60. The fraction of sp³-hybridized carbons (Fsp3) is 0.360. The molecule has 0 spiro atoms. The number of amides is 1. The van der Waals surface area contributed by atoms with Crippen LogP contribution in [0.4, 0.5) is 0 Å². The molecule has 5 rings (SSSR count). The maximum absolute atomic E-state index is 12.3. The lowest BCUT2D eigenvalue weighted by Crippen LogP contribution is -2.27. The maximum Gasteiger partial charge on any atom is 0.251 e. The van der Waals surface area contributed by atoms with Crippen molar-refractivity contribution >= 4 is 28.5 Å². The number of nitrogens with one attached hydrogen (secondary N) is 1. The largest absolute Gasteiger partial charge is 0.350 e. The van der Waals surface area contributed by atoms with Crippen LogP contribution in [-0.2, 0) is 13.0 Å². The minimum atomic E-state index is -0.126. The Morgan fingerprint density at radius 2 is 1.97 bits per heavy atom. The molecule has 0 unspecified atom stereocenters.